The van der Waals surface area contributed by atoms with E-state index in [1.54, 1.807) is 11.0 Å². The average molecular weight is 294 g/mol. The van der Waals surface area contributed by atoms with Crippen LogP contribution in [0.3, 0.4) is 0 Å². The number of nitrogens with one attached hydrogen (secondary N) is 1. The molecule has 116 valence electrons. The quantitative estimate of drug-likeness (QED) is 0.754. The molecule has 0 bridgehead atoms. The highest BCUT2D eigenvalue weighted by Gasteiger charge is 2.18. The molecule has 1 aromatic rings. The number of benzene rings is 1. The molecular weight excluding hydrogens is 272 g/mol. The number of nitrogens with zero attached hydrogens (tertiary/aromatic N) is 1. The van der Waals surface area contributed by atoms with Gasteiger partial charge in [-0.2, -0.15) is 0 Å². The second-order valence-corrected chi connectivity index (χ2v) is 5.13. The number of amides is 1. The van der Waals surface area contributed by atoms with Crippen LogP contribution in [0, 0.1) is 0 Å². The van der Waals surface area contributed by atoms with Crippen LogP contribution in [-0.4, -0.2) is 53.9 Å². The Labute approximate surface area is 124 Å². The third kappa shape index (κ3) is 4.09. The van der Waals surface area contributed by atoms with Crippen LogP contribution < -0.4 is 5.32 Å². The van der Waals surface area contributed by atoms with E-state index in [9.17, 15) is 15.0 Å². The highest BCUT2D eigenvalue weighted by molar-refractivity contribution is 5.76. The number of carbonyl (C=O) groups is 1. The molecule has 0 aliphatic carbocycles. The largest absolute Gasteiger partial charge is 0.507 e. The number of phenolic OH excluding ortho intramolecular Hbond substituents is 2. The summed E-state index contributed by atoms with van der Waals surface area (Å²) < 4.78 is 5.21. The van der Waals surface area contributed by atoms with E-state index in [-0.39, 0.29) is 23.4 Å². The first-order valence-electron chi connectivity index (χ1n) is 7.19. The summed E-state index contributed by atoms with van der Waals surface area (Å²) in [6, 6.07) is 4.42. The minimum absolute atomic E-state index is 0.0505. The van der Waals surface area contributed by atoms with Gasteiger partial charge in [0.1, 0.15) is 11.5 Å². The predicted octanol–water partition coefficient (Wildman–Crippen LogP) is 0.997. The molecule has 1 aromatic carbocycles. The van der Waals surface area contributed by atoms with Crippen LogP contribution in [0.5, 0.6) is 11.5 Å². The first-order chi connectivity index (χ1) is 10.1. The Hall–Kier alpha value is -1.79. The standard InChI is InChI=1S/C15H22N2O4/c1-11(15-12(18)3-2-4-13(15)19)16-6-5-14(20)17-7-9-21-10-8-17/h2-4,11,16,18-19H,5-10H2,1H3. The Morgan fingerprint density at radius 3 is 2.57 bits per heavy atom. The molecule has 1 atom stereocenters. The monoisotopic (exact) mass is 294 g/mol. The summed E-state index contributed by atoms with van der Waals surface area (Å²) in [6.07, 6.45) is 0.388. The van der Waals surface area contributed by atoms with E-state index < -0.39 is 0 Å². The first-order valence-corrected chi connectivity index (χ1v) is 7.19. The minimum atomic E-state index is -0.233. The number of rotatable bonds is 5. The Morgan fingerprint density at radius 2 is 1.95 bits per heavy atom. The molecule has 2 rings (SSSR count). The molecule has 1 saturated heterocycles. The van der Waals surface area contributed by atoms with Gasteiger partial charge in [0.05, 0.1) is 18.8 Å². The lowest BCUT2D eigenvalue weighted by Gasteiger charge is -2.27. The lowest BCUT2D eigenvalue weighted by molar-refractivity contribution is -0.135. The second-order valence-electron chi connectivity index (χ2n) is 5.13. The molecule has 1 fully saturated rings. The van der Waals surface area contributed by atoms with E-state index >= 15 is 0 Å². The minimum Gasteiger partial charge on any atom is -0.507 e. The fraction of sp³-hybridized carbons (Fsp3) is 0.533. The molecule has 0 saturated carbocycles. The highest BCUT2D eigenvalue weighted by Crippen LogP contribution is 2.31. The summed E-state index contributed by atoms with van der Waals surface area (Å²) in [5.74, 6) is 0.198. The van der Waals surface area contributed by atoms with Crippen molar-refractivity contribution in [3.63, 3.8) is 0 Å². The second kappa shape index (κ2) is 7.28. The number of ether oxygens (including phenoxy) is 1. The molecule has 1 amide bonds. The van der Waals surface area contributed by atoms with Gasteiger partial charge in [0, 0.05) is 32.1 Å². The van der Waals surface area contributed by atoms with Crippen LogP contribution in [0.4, 0.5) is 0 Å². The normalized spacial score (nSPS) is 16.7. The molecular formula is C15H22N2O4. The Kier molecular flexibility index (Phi) is 5.41. The Balaban J connectivity index is 1.81. The fourth-order valence-corrected chi connectivity index (χ4v) is 2.45. The number of carbonyl (C=O) groups excluding carboxylic acids is 1. The summed E-state index contributed by atoms with van der Waals surface area (Å²) in [5.41, 5.74) is 0.455. The van der Waals surface area contributed by atoms with Gasteiger partial charge in [-0.25, -0.2) is 0 Å². The molecule has 1 aliphatic rings. The molecule has 1 heterocycles. The van der Waals surface area contributed by atoms with Gasteiger partial charge in [0.25, 0.3) is 0 Å². The fourth-order valence-electron chi connectivity index (χ4n) is 2.45. The SMILES string of the molecule is CC(NCCC(=O)N1CCOCC1)c1c(O)cccc1O. The van der Waals surface area contributed by atoms with Gasteiger partial charge in [-0.1, -0.05) is 6.07 Å². The van der Waals surface area contributed by atoms with Gasteiger partial charge in [-0.3, -0.25) is 4.79 Å². The van der Waals surface area contributed by atoms with Crippen molar-refractivity contribution < 1.29 is 19.7 Å². The number of morpholine rings is 1. The highest BCUT2D eigenvalue weighted by atomic mass is 16.5. The maximum absolute atomic E-state index is 12.0. The van der Waals surface area contributed by atoms with Gasteiger partial charge in [0.2, 0.25) is 5.91 Å². The zero-order chi connectivity index (χ0) is 15.2. The van der Waals surface area contributed by atoms with Crippen molar-refractivity contribution >= 4 is 5.91 Å². The molecule has 0 spiro atoms. The molecule has 3 N–H and O–H groups in total. The molecule has 6 heteroatoms. The molecule has 0 aromatic heterocycles. The molecule has 0 radical (unpaired) electrons. The summed E-state index contributed by atoms with van der Waals surface area (Å²) in [7, 11) is 0. The van der Waals surface area contributed by atoms with Crippen LogP contribution in [0.25, 0.3) is 0 Å². The molecule has 6 nitrogen and oxygen atoms in total. The van der Waals surface area contributed by atoms with Crippen molar-refractivity contribution in [1.29, 1.82) is 0 Å². The maximum atomic E-state index is 12.0. The van der Waals surface area contributed by atoms with Gasteiger partial charge >= 0.3 is 0 Å². The molecule has 21 heavy (non-hydrogen) atoms. The van der Waals surface area contributed by atoms with E-state index in [1.165, 1.54) is 12.1 Å². The average Bonchev–Trinajstić information content (AvgIpc) is 2.48. The van der Waals surface area contributed by atoms with Crippen molar-refractivity contribution in [1.82, 2.24) is 10.2 Å². The lowest BCUT2D eigenvalue weighted by Crippen LogP contribution is -2.41. The Bertz CT molecular complexity index is 466. The topological polar surface area (TPSA) is 82.0 Å². The third-order valence-corrected chi connectivity index (χ3v) is 3.65. The van der Waals surface area contributed by atoms with E-state index in [2.05, 4.69) is 5.32 Å². The van der Waals surface area contributed by atoms with Crippen molar-refractivity contribution in [3.05, 3.63) is 23.8 Å². The third-order valence-electron chi connectivity index (χ3n) is 3.65. The Morgan fingerprint density at radius 1 is 1.33 bits per heavy atom. The predicted molar refractivity (Wildman–Crippen MR) is 78.2 cm³/mol. The van der Waals surface area contributed by atoms with Crippen LogP contribution in [0.1, 0.15) is 24.9 Å². The number of hydrogen-bond donors (Lipinski definition) is 3. The van der Waals surface area contributed by atoms with Gasteiger partial charge < -0.3 is 25.2 Å². The zero-order valence-corrected chi connectivity index (χ0v) is 12.2. The van der Waals surface area contributed by atoms with E-state index in [4.69, 9.17) is 4.74 Å². The summed E-state index contributed by atoms with van der Waals surface area (Å²) >= 11 is 0. The zero-order valence-electron chi connectivity index (χ0n) is 12.2. The number of aromatic hydroxyl groups is 2. The summed E-state index contributed by atoms with van der Waals surface area (Å²) in [6.45, 7) is 4.82. The van der Waals surface area contributed by atoms with E-state index in [1.807, 2.05) is 6.92 Å². The van der Waals surface area contributed by atoms with Crippen molar-refractivity contribution in [2.75, 3.05) is 32.8 Å². The lowest BCUT2D eigenvalue weighted by atomic mass is 10.1. The summed E-state index contributed by atoms with van der Waals surface area (Å²) in [5, 5.41) is 22.7. The summed E-state index contributed by atoms with van der Waals surface area (Å²) in [4.78, 5) is 13.8. The first kappa shape index (κ1) is 15.6. The van der Waals surface area contributed by atoms with Gasteiger partial charge in [-0.05, 0) is 19.1 Å². The van der Waals surface area contributed by atoms with Crippen LogP contribution in [0.15, 0.2) is 18.2 Å². The van der Waals surface area contributed by atoms with Crippen molar-refractivity contribution in [2.24, 2.45) is 0 Å². The number of phenols is 2. The maximum Gasteiger partial charge on any atom is 0.224 e. The van der Waals surface area contributed by atoms with Crippen LogP contribution in [0.2, 0.25) is 0 Å². The molecule has 1 unspecified atom stereocenters. The van der Waals surface area contributed by atoms with E-state index in [0.717, 1.165) is 0 Å². The van der Waals surface area contributed by atoms with Crippen molar-refractivity contribution in [3.8, 4) is 11.5 Å². The van der Waals surface area contributed by atoms with Crippen LogP contribution >= 0.6 is 0 Å². The van der Waals surface area contributed by atoms with E-state index in [0.29, 0.717) is 44.8 Å². The number of hydrogen-bond acceptors (Lipinski definition) is 5. The van der Waals surface area contributed by atoms with Gasteiger partial charge in [0.15, 0.2) is 0 Å². The van der Waals surface area contributed by atoms with Gasteiger partial charge in [-0.15, -0.1) is 0 Å². The van der Waals surface area contributed by atoms with Crippen molar-refractivity contribution in [2.45, 2.75) is 19.4 Å². The molecule has 1 aliphatic heterocycles. The van der Waals surface area contributed by atoms with Crippen LogP contribution in [-0.2, 0) is 9.53 Å². The smallest absolute Gasteiger partial charge is 0.224 e.